The molecule has 0 amide bonds. The first-order chi connectivity index (χ1) is 5.86. The molecule has 0 aromatic carbocycles. The maximum atomic E-state index is 8.61. The van der Waals surface area contributed by atoms with Crippen molar-refractivity contribution in [1.82, 2.24) is 10.3 Å². The van der Waals surface area contributed by atoms with E-state index in [0.717, 1.165) is 10.1 Å². The highest BCUT2D eigenvalue weighted by Gasteiger charge is 2.05. The first-order valence-electron chi connectivity index (χ1n) is 3.46. The smallest absolute Gasteiger partial charge is 0.149 e. The van der Waals surface area contributed by atoms with E-state index in [1.807, 2.05) is 5.38 Å². The standard InChI is InChI=1S/C7H9N3S2/c1-9-6(4-8)5-12-7-10-2-3-11-7/h2-3,6,9H,5H2,1H3. The lowest BCUT2D eigenvalue weighted by atomic mass is 10.4. The Morgan fingerprint density at radius 3 is 3.25 bits per heavy atom. The molecule has 0 spiro atoms. The summed E-state index contributed by atoms with van der Waals surface area (Å²) in [5, 5.41) is 13.5. The molecule has 1 aromatic heterocycles. The Bertz CT molecular complexity index is 252. The van der Waals surface area contributed by atoms with Crippen molar-refractivity contribution in [2.75, 3.05) is 12.8 Å². The minimum absolute atomic E-state index is 0.0844. The molecule has 1 N–H and O–H groups in total. The average molecular weight is 199 g/mol. The second-order valence-corrected chi connectivity index (χ2v) is 4.24. The predicted molar refractivity (Wildman–Crippen MR) is 51.3 cm³/mol. The van der Waals surface area contributed by atoms with Gasteiger partial charge in [-0.25, -0.2) is 4.98 Å². The molecule has 0 aliphatic heterocycles. The minimum atomic E-state index is -0.0844. The van der Waals surface area contributed by atoms with Crippen LogP contribution >= 0.6 is 23.1 Å². The van der Waals surface area contributed by atoms with Crippen molar-refractivity contribution < 1.29 is 0 Å². The van der Waals surface area contributed by atoms with Crippen LogP contribution in [0.5, 0.6) is 0 Å². The zero-order valence-electron chi connectivity index (χ0n) is 6.65. The van der Waals surface area contributed by atoms with Crippen molar-refractivity contribution in [3.63, 3.8) is 0 Å². The highest BCUT2D eigenvalue weighted by Crippen LogP contribution is 2.20. The van der Waals surface area contributed by atoms with Gasteiger partial charge in [-0.2, -0.15) is 5.26 Å². The molecule has 1 atom stereocenters. The number of rotatable bonds is 4. The van der Waals surface area contributed by atoms with Crippen LogP contribution in [0.3, 0.4) is 0 Å². The van der Waals surface area contributed by atoms with E-state index in [4.69, 9.17) is 5.26 Å². The van der Waals surface area contributed by atoms with Gasteiger partial charge in [-0.15, -0.1) is 11.3 Å². The Balaban J connectivity index is 2.31. The average Bonchev–Trinajstić information content (AvgIpc) is 2.59. The fourth-order valence-electron chi connectivity index (χ4n) is 0.621. The van der Waals surface area contributed by atoms with E-state index in [1.54, 1.807) is 36.3 Å². The van der Waals surface area contributed by atoms with E-state index >= 15 is 0 Å². The van der Waals surface area contributed by atoms with E-state index in [-0.39, 0.29) is 6.04 Å². The second-order valence-electron chi connectivity index (χ2n) is 2.08. The summed E-state index contributed by atoms with van der Waals surface area (Å²) in [6.07, 6.45) is 1.77. The van der Waals surface area contributed by atoms with Gasteiger partial charge < -0.3 is 5.32 Å². The van der Waals surface area contributed by atoms with Gasteiger partial charge in [-0.05, 0) is 7.05 Å². The summed E-state index contributed by atoms with van der Waals surface area (Å²) in [5.41, 5.74) is 0. The number of hydrogen-bond acceptors (Lipinski definition) is 5. The fraction of sp³-hybridized carbons (Fsp3) is 0.429. The predicted octanol–water partition coefficient (Wildman–Crippen LogP) is 1.35. The van der Waals surface area contributed by atoms with Gasteiger partial charge in [0.15, 0.2) is 0 Å². The second kappa shape index (κ2) is 5.14. The lowest BCUT2D eigenvalue weighted by Gasteiger charge is -2.03. The van der Waals surface area contributed by atoms with E-state index in [9.17, 15) is 0 Å². The van der Waals surface area contributed by atoms with E-state index in [0.29, 0.717) is 0 Å². The summed E-state index contributed by atoms with van der Waals surface area (Å²) in [6, 6.07) is 2.07. The molecule has 0 aliphatic carbocycles. The van der Waals surface area contributed by atoms with Crippen LogP contribution in [0.25, 0.3) is 0 Å². The SMILES string of the molecule is CNC(C#N)CSc1nccs1. The van der Waals surface area contributed by atoms with Gasteiger partial charge in [-0.1, -0.05) is 11.8 Å². The highest BCUT2D eigenvalue weighted by atomic mass is 32.2. The van der Waals surface area contributed by atoms with Crippen LogP contribution in [0.4, 0.5) is 0 Å². The number of nitriles is 1. The van der Waals surface area contributed by atoms with Gasteiger partial charge in [0.2, 0.25) is 0 Å². The van der Waals surface area contributed by atoms with Crippen molar-refractivity contribution in [2.24, 2.45) is 0 Å². The number of nitrogens with zero attached hydrogens (tertiary/aromatic N) is 2. The van der Waals surface area contributed by atoms with Crippen molar-refractivity contribution in [1.29, 1.82) is 5.26 Å². The number of aromatic nitrogens is 1. The molecule has 1 rings (SSSR count). The maximum absolute atomic E-state index is 8.61. The van der Waals surface area contributed by atoms with Crippen molar-refractivity contribution in [3.8, 4) is 6.07 Å². The summed E-state index contributed by atoms with van der Waals surface area (Å²) < 4.78 is 1.02. The molecule has 0 saturated heterocycles. The third-order valence-electron chi connectivity index (χ3n) is 1.29. The summed E-state index contributed by atoms with van der Waals surface area (Å²) in [4.78, 5) is 4.10. The third-order valence-corrected chi connectivity index (χ3v) is 3.35. The molecule has 1 unspecified atom stereocenters. The lowest BCUT2D eigenvalue weighted by molar-refractivity contribution is 0.750. The lowest BCUT2D eigenvalue weighted by Crippen LogP contribution is -2.25. The molecular formula is C7H9N3S2. The molecule has 0 radical (unpaired) electrons. The van der Waals surface area contributed by atoms with Crippen molar-refractivity contribution in [2.45, 2.75) is 10.4 Å². The van der Waals surface area contributed by atoms with Crippen LogP contribution in [0.1, 0.15) is 0 Å². The molecule has 0 aliphatic rings. The zero-order valence-corrected chi connectivity index (χ0v) is 8.28. The van der Waals surface area contributed by atoms with Gasteiger partial charge in [-0.3, -0.25) is 0 Å². The van der Waals surface area contributed by atoms with E-state index in [1.165, 1.54) is 0 Å². The van der Waals surface area contributed by atoms with Gasteiger partial charge in [0.05, 0.1) is 6.07 Å². The molecule has 5 heteroatoms. The quantitative estimate of drug-likeness (QED) is 0.744. The molecule has 1 aromatic rings. The van der Waals surface area contributed by atoms with Crippen LogP contribution in [0, 0.1) is 11.3 Å². The highest BCUT2D eigenvalue weighted by molar-refractivity contribution is 8.01. The summed E-state index contributed by atoms with van der Waals surface area (Å²) in [6.45, 7) is 0. The number of thioether (sulfide) groups is 1. The Labute approximate surface area is 79.8 Å². The summed E-state index contributed by atoms with van der Waals surface area (Å²) >= 11 is 3.21. The van der Waals surface area contributed by atoms with E-state index < -0.39 is 0 Å². The van der Waals surface area contributed by atoms with Gasteiger partial charge in [0.25, 0.3) is 0 Å². The Hall–Kier alpha value is -0.570. The van der Waals surface area contributed by atoms with Gasteiger partial charge >= 0.3 is 0 Å². The van der Waals surface area contributed by atoms with E-state index in [2.05, 4.69) is 16.4 Å². The van der Waals surface area contributed by atoms with Gasteiger partial charge in [0.1, 0.15) is 10.4 Å². The summed E-state index contributed by atoms with van der Waals surface area (Å²) in [5.74, 6) is 0.751. The van der Waals surface area contributed by atoms with Crippen molar-refractivity contribution >= 4 is 23.1 Å². The molecule has 0 saturated carbocycles. The van der Waals surface area contributed by atoms with Gasteiger partial charge in [0, 0.05) is 17.3 Å². The molecular weight excluding hydrogens is 190 g/mol. The topological polar surface area (TPSA) is 48.7 Å². The molecule has 0 bridgehead atoms. The molecule has 3 nitrogen and oxygen atoms in total. The normalized spacial score (nSPS) is 12.3. The van der Waals surface area contributed by atoms with Crippen LogP contribution in [0.2, 0.25) is 0 Å². The Morgan fingerprint density at radius 1 is 1.92 bits per heavy atom. The Kier molecular flexibility index (Phi) is 4.08. The third kappa shape index (κ3) is 2.81. The van der Waals surface area contributed by atoms with Crippen LogP contribution in [0.15, 0.2) is 15.9 Å². The number of nitrogens with one attached hydrogen (secondary N) is 1. The minimum Gasteiger partial charge on any atom is -0.304 e. The van der Waals surface area contributed by atoms with Crippen LogP contribution in [-0.2, 0) is 0 Å². The number of hydrogen-bond donors (Lipinski definition) is 1. The van der Waals surface area contributed by atoms with Crippen LogP contribution in [-0.4, -0.2) is 23.8 Å². The molecule has 12 heavy (non-hydrogen) atoms. The molecule has 0 fully saturated rings. The monoisotopic (exact) mass is 199 g/mol. The first-order valence-corrected chi connectivity index (χ1v) is 5.32. The van der Waals surface area contributed by atoms with Crippen LogP contribution < -0.4 is 5.32 Å². The first kappa shape index (κ1) is 9.52. The fourth-order valence-corrected chi connectivity index (χ4v) is 2.31. The maximum Gasteiger partial charge on any atom is 0.149 e. The zero-order chi connectivity index (χ0) is 8.81. The molecule has 64 valence electrons. The molecule has 1 heterocycles. The Morgan fingerprint density at radius 2 is 2.75 bits per heavy atom. The number of thiazole rings is 1. The van der Waals surface area contributed by atoms with Crippen molar-refractivity contribution in [3.05, 3.63) is 11.6 Å². The summed E-state index contributed by atoms with van der Waals surface area (Å²) in [7, 11) is 1.79. The largest absolute Gasteiger partial charge is 0.304 e.